The minimum Gasteiger partial charge on any atom is -0.455 e. The van der Waals surface area contributed by atoms with Crippen molar-refractivity contribution in [1.29, 1.82) is 0 Å². The molecule has 0 unspecified atom stereocenters. The fourth-order valence-electron chi connectivity index (χ4n) is 1.59. The molecular weight excluding hydrogens is 242 g/mol. The van der Waals surface area contributed by atoms with Gasteiger partial charge in [-0.2, -0.15) is 0 Å². The van der Waals surface area contributed by atoms with Crippen molar-refractivity contribution in [2.45, 2.75) is 0 Å². The molecule has 0 saturated carbocycles. The minimum atomic E-state index is -0.447. The monoisotopic (exact) mass is 255 g/mol. The van der Waals surface area contributed by atoms with Gasteiger partial charge < -0.3 is 9.94 Å². The van der Waals surface area contributed by atoms with Gasteiger partial charge in [-0.1, -0.05) is 53.7 Å². The number of carbonyl (C=O) groups is 1. The van der Waals surface area contributed by atoms with Crippen LogP contribution in [0.4, 0.5) is 0 Å². The molecule has 0 bridgehead atoms. The van der Waals surface area contributed by atoms with E-state index >= 15 is 0 Å². The highest BCUT2D eigenvalue weighted by molar-refractivity contribution is 6.02. The number of benzene rings is 2. The van der Waals surface area contributed by atoms with Gasteiger partial charge in [0.25, 0.3) is 0 Å². The summed E-state index contributed by atoms with van der Waals surface area (Å²) < 4.78 is 5.11. The van der Waals surface area contributed by atoms with Gasteiger partial charge in [0.1, 0.15) is 12.3 Å². The van der Waals surface area contributed by atoms with Crippen LogP contribution in [0.5, 0.6) is 0 Å². The molecule has 4 nitrogen and oxygen atoms in total. The van der Waals surface area contributed by atoms with E-state index in [4.69, 9.17) is 9.94 Å². The second-order valence-corrected chi connectivity index (χ2v) is 3.85. The Morgan fingerprint density at radius 1 is 0.947 bits per heavy atom. The van der Waals surface area contributed by atoms with E-state index in [9.17, 15) is 4.79 Å². The summed E-state index contributed by atoms with van der Waals surface area (Å²) in [6, 6.07) is 17.7. The van der Waals surface area contributed by atoms with Gasteiger partial charge >= 0.3 is 5.97 Å². The lowest BCUT2D eigenvalue weighted by Gasteiger charge is -2.06. The van der Waals surface area contributed by atoms with Crippen molar-refractivity contribution in [3.63, 3.8) is 0 Å². The lowest BCUT2D eigenvalue weighted by atomic mass is 10.1. The first kappa shape index (κ1) is 12.8. The predicted molar refractivity (Wildman–Crippen MR) is 71.5 cm³/mol. The first-order valence-electron chi connectivity index (χ1n) is 5.80. The summed E-state index contributed by atoms with van der Waals surface area (Å²) >= 11 is 0. The summed E-state index contributed by atoms with van der Waals surface area (Å²) in [5.74, 6) is -0.447. The molecule has 2 rings (SSSR count). The van der Waals surface area contributed by atoms with Gasteiger partial charge in [-0.15, -0.1) is 0 Å². The van der Waals surface area contributed by atoms with Crippen LogP contribution in [0.1, 0.15) is 15.9 Å². The number of hydrogen-bond donors (Lipinski definition) is 1. The topological polar surface area (TPSA) is 58.9 Å². The molecule has 0 fully saturated rings. The van der Waals surface area contributed by atoms with Crippen molar-refractivity contribution in [3.05, 3.63) is 71.8 Å². The molecule has 2 aromatic carbocycles. The van der Waals surface area contributed by atoms with E-state index in [1.807, 2.05) is 24.3 Å². The van der Waals surface area contributed by atoms with Crippen LogP contribution in [0, 0.1) is 0 Å². The van der Waals surface area contributed by atoms with E-state index in [1.165, 1.54) is 0 Å². The molecule has 0 spiro atoms. The van der Waals surface area contributed by atoms with Gasteiger partial charge in [0.2, 0.25) is 0 Å². The van der Waals surface area contributed by atoms with Crippen molar-refractivity contribution < 1.29 is 14.7 Å². The van der Waals surface area contributed by atoms with Crippen molar-refractivity contribution in [2.75, 3.05) is 6.61 Å². The highest BCUT2D eigenvalue weighted by Crippen LogP contribution is 2.05. The van der Waals surface area contributed by atoms with Gasteiger partial charge in [0.15, 0.2) is 0 Å². The van der Waals surface area contributed by atoms with E-state index in [1.54, 1.807) is 36.4 Å². The highest BCUT2D eigenvalue weighted by atomic mass is 16.5. The van der Waals surface area contributed by atoms with Crippen molar-refractivity contribution in [2.24, 2.45) is 5.16 Å². The van der Waals surface area contributed by atoms with Crippen LogP contribution in [0.15, 0.2) is 65.8 Å². The summed E-state index contributed by atoms with van der Waals surface area (Å²) in [6.45, 7) is -0.0752. The Balaban J connectivity index is 2.00. The molecule has 0 aliphatic rings. The van der Waals surface area contributed by atoms with E-state index in [2.05, 4.69) is 5.16 Å². The number of rotatable bonds is 4. The third kappa shape index (κ3) is 3.42. The Kier molecular flexibility index (Phi) is 4.29. The molecule has 19 heavy (non-hydrogen) atoms. The van der Waals surface area contributed by atoms with E-state index in [-0.39, 0.29) is 6.61 Å². The first-order valence-corrected chi connectivity index (χ1v) is 5.80. The summed E-state index contributed by atoms with van der Waals surface area (Å²) in [4.78, 5) is 11.7. The normalized spacial score (nSPS) is 11.1. The fourth-order valence-corrected chi connectivity index (χ4v) is 1.59. The Morgan fingerprint density at radius 3 is 2.00 bits per heavy atom. The van der Waals surface area contributed by atoms with Crippen LogP contribution in [-0.2, 0) is 4.74 Å². The molecule has 0 amide bonds. The summed E-state index contributed by atoms with van der Waals surface area (Å²) in [5, 5.41) is 12.1. The maximum Gasteiger partial charge on any atom is 0.338 e. The number of esters is 1. The van der Waals surface area contributed by atoms with E-state index < -0.39 is 5.97 Å². The molecule has 4 heteroatoms. The van der Waals surface area contributed by atoms with Crippen molar-refractivity contribution in [3.8, 4) is 0 Å². The third-order valence-corrected chi connectivity index (χ3v) is 2.58. The zero-order valence-corrected chi connectivity index (χ0v) is 10.2. The molecule has 0 aromatic heterocycles. The van der Waals surface area contributed by atoms with Crippen LogP contribution in [0.3, 0.4) is 0 Å². The van der Waals surface area contributed by atoms with Gasteiger partial charge in [0.05, 0.1) is 5.56 Å². The molecule has 2 aromatic rings. The number of carbonyl (C=O) groups excluding carboxylic acids is 1. The lowest BCUT2D eigenvalue weighted by Crippen LogP contribution is -2.15. The predicted octanol–water partition coefficient (Wildman–Crippen LogP) is 2.72. The Labute approximate surface area is 111 Å². The Hall–Kier alpha value is -2.62. The molecule has 0 atom stereocenters. The molecule has 0 saturated heterocycles. The van der Waals surface area contributed by atoms with Crippen LogP contribution in [-0.4, -0.2) is 23.5 Å². The molecule has 0 aliphatic heterocycles. The van der Waals surface area contributed by atoms with Gasteiger partial charge in [0, 0.05) is 5.56 Å². The third-order valence-electron chi connectivity index (χ3n) is 2.58. The standard InChI is InChI=1S/C15H13NO3/c17-15(13-9-5-2-6-10-13)19-11-14(16-18)12-7-3-1-4-8-12/h1-10,18H,11H2/b16-14+. The molecule has 0 aliphatic carbocycles. The van der Waals surface area contributed by atoms with Gasteiger partial charge in [-0.25, -0.2) is 4.79 Å². The summed E-state index contributed by atoms with van der Waals surface area (Å²) in [7, 11) is 0. The van der Waals surface area contributed by atoms with Crippen LogP contribution >= 0.6 is 0 Å². The van der Waals surface area contributed by atoms with Crippen molar-refractivity contribution >= 4 is 11.7 Å². The smallest absolute Gasteiger partial charge is 0.338 e. The van der Waals surface area contributed by atoms with E-state index in [0.29, 0.717) is 16.8 Å². The first-order chi connectivity index (χ1) is 9.31. The average molecular weight is 255 g/mol. The summed E-state index contributed by atoms with van der Waals surface area (Å²) in [6.07, 6.45) is 0. The minimum absolute atomic E-state index is 0.0752. The van der Waals surface area contributed by atoms with Crippen LogP contribution in [0.2, 0.25) is 0 Å². The van der Waals surface area contributed by atoms with Crippen molar-refractivity contribution in [1.82, 2.24) is 0 Å². The molecule has 0 radical (unpaired) electrons. The summed E-state index contributed by atoms with van der Waals surface area (Å²) in [5.41, 5.74) is 1.49. The second kappa shape index (κ2) is 6.35. The lowest BCUT2D eigenvalue weighted by molar-refractivity contribution is 0.0562. The highest BCUT2D eigenvalue weighted by Gasteiger charge is 2.10. The van der Waals surface area contributed by atoms with Gasteiger partial charge in [-0.05, 0) is 12.1 Å². The maximum absolute atomic E-state index is 11.7. The van der Waals surface area contributed by atoms with Crippen LogP contribution < -0.4 is 0 Å². The Bertz CT molecular complexity index is 564. The molecule has 1 N–H and O–H groups in total. The number of oxime groups is 1. The van der Waals surface area contributed by atoms with E-state index in [0.717, 1.165) is 0 Å². The number of ether oxygens (including phenoxy) is 1. The quantitative estimate of drug-likeness (QED) is 0.395. The number of hydrogen-bond acceptors (Lipinski definition) is 4. The maximum atomic E-state index is 11.7. The molecular formula is C15H13NO3. The SMILES string of the molecule is O=C(OC/C(=N\O)c1ccccc1)c1ccccc1. The molecule has 0 heterocycles. The Morgan fingerprint density at radius 2 is 1.47 bits per heavy atom. The van der Waals surface area contributed by atoms with Crippen LogP contribution in [0.25, 0.3) is 0 Å². The zero-order valence-electron chi connectivity index (χ0n) is 10.2. The zero-order chi connectivity index (χ0) is 13.5. The average Bonchev–Trinajstić information content (AvgIpc) is 2.49. The van der Waals surface area contributed by atoms with Gasteiger partial charge in [-0.3, -0.25) is 0 Å². The second-order valence-electron chi connectivity index (χ2n) is 3.85. The largest absolute Gasteiger partial charge is 0.455 e. The number of nitrogens with zero attached hydrogens (tertiary/aromatic N) is 1. The fraction of sp³-hybridized carbons (Fsp3) is 0.0667. The molecule has 96 valence electrons.